The van der Waals surface area contributed by atoms with Crippen molar-refractivity contribution in [3.63, 3.8) is 0 Å². The highest BCUT2D eigenvalue weighted by Gasteiger charge is 2.36. The van der Waals surface area contributed by atoms with Crippen molar-refractivity contribution in [2.24, 2.45) is 5.10 Å². The zero-order chi connectivity index (χ0) is 21.2. The highest BCUT2D eigenvalue weighted by Crippen LogP contribution is 2.41. The van der Waals surface area contributed by atoms with E-state index in [4.69, 9.17) is 18.9 Å². The van der Waals surface area contributed by atoms with Gasteiger partial charge in [0.25, 0.3) is 0 Å². The van der Waals surface area contributed by atoms with Crippen LogP contribution in [0.25, 0.3) is 0 Å². The topological polar surface area (TPSA) is 86.7 Å². The fourth-order valence-corrected chi connectivity index (χ4v) is 4.21. The number of hydrogen-bond acceptors (Lipinski definition) is 7. The van der Waals surface area contributed by atoms with Gasteiger partial charge in [-0.1, -0.05) is 0 Å². The third kappa shape index (κ3) is 4.09. The van der Waals surface area contributed by atoms with E-state index < -0.39 is 16.1 Å². The molecule has 9 heteroatoms. The van der Waals surface area contributed by atoms with Crippen LogP contribution in [0.4, 0.5) is 0 Å². The van der Waals surface area contributed by atoms with Crippen LogP contribution >= 0.6 is 0 Å². The molecule has 0 amide bonds. The Balaban J connectivity index is 2.07. The van der Waals surface area contributed by atoms with Gasteiger partial charge in [0.2, 0.25) is 10.0 Å². The molecule has 0 saturated heterocycles. The first-order valence-electron chi connectivity index (χ1n) is 8.83. The molecule has 1 atom stereocenters. The van der Waals surface area contributed by atoms with E-state index in [1.165, 1.54) is 0 Å². The molecule has 1 aliphatic heterocycles. The Labute approximate surface area is 170 Å². The van der Waals surface area contributed by atoms with E-state index in [1.54, 1.807) is 58.8 Å². The molecule has 0 bridgehead atoms. The smallest absolute Gasteiger partial charge is 0.247 e. The average Bonchev–Trinajstić information content (AvgIpc) is 3.18. The SMILES string of the molecule is COc1ccc(OC)c([C@@H]2CC(c3ccc(OC)c(OC)c3)=NN2S(C)(=O)=O)c1. The van der Waals surface area contributed by atoms with Gasteiger partial charge in [-0.3, -0.25) is 0 Å². The summed E-state index contributed by atoms with van der Waals surface area (Å²) in [5.41, 5.74) is 2.04. The van der Waals surface area contributed by atoms with E-state index in [1.807, 2.05) is 6.07 Å². The van der Waals surface area contributed by atoms with E-state index in [0.717, 1.165) is 16.2 Å². The Morgan fingerprint density at radius 1 is 0.897 bits per heavy atom. The second-order valence-corrected chi connectivity index (χ2v) is 8.32. The Hall–Kier alpha value is -2.94. The zero-order valence-electron chi connectivity index (χ0n) is 17.0. The summed E-state index contributed by atoms with van der Waals surface area (Å²) in [4.78, 5) is 0. The first-order valence-corrected chi connectivity index (χ1v) is 10.7. The Kier molecular flexibility index (Phi) is 5.88. The van der Waals surface area contributed by atoms with Crippen LogP contribution in [-0.2, 0) is 10.0 Å². The van der Waals surface area contributed by atoms with Crippen LogP contribution in [-0.4, -0.2) is 53.2 Å². The third-order valence-electron chi connectivity index (χ3n) is 4.73. The number of nitrogens with zero attached hydrogens (tertiary/aromatic N) is 2. The predicted molar refractivity (Wildman–Crippen MR) is 110 cm³/mol. The van der Waals surface area contributed by atoms with Crippen LogP contribution in [0.1, 0.15) is 23.6 Å². The Bertz CT molecular complexity index is 1040. The maximum absolute atomic E-state index is 12.5. The maximum atomic E-state index is 12.5. The van der Waals surface area contributed by atoms with Crippen molar-refractivity contribution < 1.29 is 27.4 Å². The predicted octanol–water partition coefficient (Wildman–Crippen LogP) is 2.83. The highest BCUT2D eigenvalue weighted by molar-refractivity contribution is 7.88. The number of benzene rings is 2. The molecule has 0 aromatic heterocycles. The number of sulfonamides is 1. The molecule has 1 heterocycles. The summed E-state index contributed by atoms with van der Waals surface area (Å²) >= 11 is 0. The summed E-state index contributed by atoms with van der Waals surface area (Å²) < 4.78 is 47.5. The minimum atomic E-state index is -3.62. The fraction of sp³-hybridized carbons (Fsp3) is 0.350. The lowest BCUT2D eigenvalue weighted by molar-refractivity contribution is 0.348. The van der Waals surface area contributed by atoms with Crippen LogP contribution in [0.2, 0.25) is 0 Å². The summed E-state index contributed by atoms with van der Waals surface area (Å²) in [7, 11) is 2.58. The Morgan fingerprint density at radius 3 is 2.14 bits per heavy atom. The lowest BCUT2D eigenvalue weighted by Gasteiger charge is -2.23. The molecule has 0 fully saturated rings. The molecule has 2 aromatic rings. The van der Waals surface area contributed by atoms with E-state index in [0.29, 0.717) is 40.7 Å². The minimum Gasteiger partial charge on any atom is -0.497 e. The van der Waals surface area contributed by atoms with Gasteiger partial charge in [-0.25, -0.2) is 8.42 Å². The van der Waals surface area contributed by atoms with Crippen molar-refractivity contribution in [2.45, 2.75) is 12.5 Å². The maximum Gasteiger partial charge on any atom is 0.247 e. The van der Waals surface area contributed by atoms with Crippen molar-refractivity contribution >= 4 is 15.7 Å². The number of rotatable bonds is 7. The van der Waals surface area contributed by atoms with Crippen LogP contribution in [0.5, 0.6) is 23.0 Å². The largest absolute Gasteiger partial charge is 0.497 e. The second kappa shape index (κ2) is 8.20. The lowest BCUT2D eigenvalue weighted by atomic mass is 9.98. The molecule has 0 N–H and O–H groups in total. The van der Waals surface area contributed by atoms with Crippen molar-refractivity contribution in [3.05, 3.63) is 47.5 Å². The van der Waals surface area contributed by atoms with Gasteiger partial charge in [0, 0.05) is 17.5 Å². The number of methoxy groups -OCH3 is 4. The zero-order valence-corrected chi connectivity index (χ0v) is 17.8. The monoisotopic (exact) mass is 420 g/mol. The first-order chi connectivity index (χ1) is 13.8. The molecular weight excluding hydrogens is 396 g/mol. The van der Waals surface area contributed by atoms with E-state index in [2.05, 4.69) is 5.10 Å². The van der Waals surface area contributed by atoms with Crippen LogP contribution in [0, 0.1) is 0 Å². The molecule has 0 saturated carbocycles. The van der Waals surface area contributed by atoms with Gasteiger partial charge in [-0.15, -0.1) is 0 Å². The van der Waals surface area contributed by atoms with Crippen molar-refractivity contribution in [1.29, 1.82) is 0 Å². The number of hydrazone groups is 1. The molecule has 29 heavy (non-hydrogen) atoms. The molecule has 8 nitrogen and oxygen atoms in total. The quantitative estimate of drug-likeness (QED) is 0.685. The summed E-state index contributed by atoms with van der Waals surface area (Å²) in [6.07, 6.45) is 1.50. The molecule has 3 rings (SSSR count). The van der Waals surface area contributed by atoms with Crippen molar-refractivity contribution in [3.8, 4) is 23.0 Å². The summed E-state index contributed by atoms with van der Waals surface area (Å²) in [6, 6.07) is 10.1. The van der Waals surface area contributed by atoms with Crippen LogP contribution in [0.15, 0.2) is 41.5 Å². The molecule has 156 valence electrons. The molecule has 0 spiro atoms. The number of ether oxygens (including phenoxy) is 4. The van der Waals surface area contributed by atoms with Gasteiger partial charge in [0.05, 0.1) is 46.4 Å². The van der Waals surface area contributed by atoms with Gasteiger partial charge in [0.1, 0.15) is 11.5 Å². The normalized spacial score (nSPS) is 16.4. The van der Waals surface area contributed by atoms with Crippen molar-refractivity contribution in [2.75, 3.05) is 34.7 Å². The van der Waals surface area contributed by atoms with Gasteiger partial charge < -0.3 is 18.9 Å². The minimum absolute atomic E-state index is 0.367. The third-order valence-corrected chi connectivity index (χ3v) is 5.74. The van der Waals surface area contributed by atoms with Gasteiger partial charge in [-0.05, 0) is 36.4 Å². The van der Waals surface area contributed by atoms with Gasteiger partial charge in [-0.2, -0.15) is 9.52 Å². The molecule has 1 aliphatic rings. The van der Waals surface area contributed by atoms with Gasteiger partial charge in [0.15, 0.2) is 11.5 Å². The molecule has 2 aromatic carbocycles. The summed E-state index contributed by atoms with van der Waals surface area (Å²) in [5.74, 6) is 2.30. The lowest BCUT2D eigenvalue weighted by Crippen LogP contribution is -2.26. The second-order valence-electron chi connectivity index (χ2n) is 6.48. The van der Waals surface area contributed by atoms with Crippen LogP contribution < -0.4 is 18.9 Å². The number of hydrogen-bond donors (Lipinski definition) is 0. The van der Waals surface area contributed by atoms with Crippen molar-refractivity contribution in [1.82, 2.24) is 4.41 Å². The molecule has 0 radical (unpaired) electrons. The molecular formula is C20H24N2O6S. The summed E-state index contributed by atoms with van der Waals surface area (Å²) in [6.45, 7) is 0. The summed E-state index contributed by atoms with van der Waals surface area (Å²) in [5, 5.41) is 4.42. The standard InChI is InChI=1S/C20H24N2O6S/c1-25-14-7-9-18(26-2)15(11-14)17-12-16(21-22(17)29(5,23)24)13-6-8-19(27-3)20(10-13)28-4/h6-11,17H,12H2,1-5H3/t17-/m0/s1. The van der Waals surface area contributed by atoms with Crippen LogP contribution in [0.3, 0.4) is 0 Å². The Morgan fingerprint density at radius 2 is 1.55 bits per heavy atom. The molecule has 0 unspecified atom stereocenters. The fourth-order valence-electron chi connectivity index (χ4n) is 3.32. The van der Waals surface area contributed by atoms with E-state index >= 15 is 0 Å². The van der Waals surface area contributed by atoms with Gasteiger partial charge >= 0.3 is 0 Å². The van der Waals surface area contributed by atoms with E-state index in [9.17, 15) is 8.42 Å². The average molecular weight is 420 g/mol. The first kappa shape index (κ1) is 20.8. The van der Waals surface area contributed by atoms with E-state index in [-0.39, 0.29) is 0 Å². The molecule has 0 aliphatic carbocycles. The highest BCUT2D eigenvalue weighted by atomic mass is 32.2.